The first-order valence-corrected chi connectivity index (χ1v) is 14.5. The summed E-state index contributed by atoms with van der Waals surface area (Å²) in [5.74, 6) is 0.165. The number of hydrogen-bond donors (Lipinski definition) is 0. The zero-order valence-electron chi connectivity index (χ0n) is 14.5. The second-order valence-corrected chi connectivity index (χ2v) is 17.1. The van der Waals surface area contributed by atoms with Crippen LogP contribution in [0.2, 0.25) is 38.3 Å². The monoisotopic (exact) mass is 332 g/mol. The molecule has 0 radical (unpaired) electrons. The highest BCUT2D eigenvalue weighted by Gasteiger charge is 2.43. The molecule has 0 aromatic heterocycles. The van der Waals surface area contributed by atoms with Gasteiger partial charge in [0.2, 0.25) is 0 Å². The maximum atomic E-state index is 12.3. The SMILES string of the molecule is CC(CC(=O)c1ccccc1)=NN1[Si](C)(C)CCC[Si]1(C)C. The molecule has 1 fully saturated rings. The average molecular weight is 333 g/mol. The number of ketones is 1. The summed E-state index contributed by atoms with van der Waals surface area (Å²) in [6.45, 7) is 11.7. The van der Waals surface area contributed by atoms with E-state index in [0.717, 1.165) is 11.3 Å². The van der Waals surface area contributed by atoms with E-state index in [4.69, 9.17) is 5.10 Å². The molecule has 3 nitrogen and oxygen atoms in total. The zero-order valence-corrected chi connectivity index (χ0v) is 16.5. The Hall–Kier alpha value is -1.21. The molecule has 0 N–H and O–H groups in total. The van der Waals surface area contributed by atoms with Crippen LogP contribution in [-0.4, -0.2) is 32.3 Å². The highest BCUT2D eigenvalue weighted by atomic mass is 28.4. The molecule has 1 heterocycles. The lowest BCUT2D eigenvalue weighted by atomic mass is 10.1. The second-order valence-electron chi connectivity index (χ2n) is 7.59. The first-order chi connectivity index (χ1) is 10.2. The summed E-state index contributed by atoms with van der Waals surface area (Å²) in [6, 6.07) is 12.2. The van der Waals surface area contributed by atoms with Gasteiger partial charge in [0, 0.05) is 11.3 Å². The number of carbonyl (C=O) groups excluding carboxylic acids is 1. The van der Waals surface area contributed by atoms with E-state index in [9.17, 15) is 4.79 Å². The van der Waals surface area contributed by atoms with Crippen LogP contribution in [0.3, 0.4) is 0 Å². The lowest BCUT2D eigenvalue weighted by Crippen LogP contribution is -2.62. The predicted molar refractivity (Wildman–Crippen MR) is 99.5 cm³/mol. The summed E-state index contributed by atoms with van der Waals surface area (Å²) in [4.78, 5) is 12.3. The number of nitrogens with zero attached hydrogens (tertiary/aromatic N) is 2. The van der Waals surface area contributed by atoms with Gasteiger partial charge < -0.3 is 4.34 Å². The highest BCUT2D eigenvalue weighted by Crippen LogP contribution is 2.35. The molecule has 1 aliphatic heterocycles. The number of benzene rings is 1. The fourth-order valence-corrected chi connectivity index (χ4v) is 14.4. The third-order valence-electron chi connectivity index (χ3n) is 4.51. The molecule has 0 amide bonds. The Balaban J connectivity index is 2.15. The van der Waals surface area contributed by atoms with Gasteiger partial charge in [-0.1, -0.05) is 62.9 Å². The molecule has 0 aliphatic carbocycles. The van der Waals surface area contributed by atoms with Gasteiger partial charge in [0.1, 0.15) is 0 Å². The van der Waals surface area contributed by atoms with Gasteiger partial charge in [0.25, 0.3) is 0 Å². The van der Waals surface area contributed by atoms with Crippen molar-refractivity contribution in [2.24, 2.45) is 5.10 Å². The van der Waals surface area contributed by atoms with Crippen LogP contribution in [0, 0.1) is 0 Å². The third kappa shape index (κ3) is 3.95. The van der Waals surface area contributed by atoms with Crippen molar-refractivity contribution >= 4 is 28.0 Å². The van der Waals surface area contributed by atoms with Gasteiger partial charge in [0.05, 0.1) is 6.42 Å². The summed E-state index contributed by atoms with van der Waals surface area (Å²) >= 11 is 0. The molecule has 5 heteroatoms. The number of rotatable bonds is 4. The number of hydrogen-bond acceptors (Lipinski definition) is 3. The molecule has 1 saturated heterocycles. The fraction of sp³-hybridized carbons (Fsp3) is 0.529. The van der Waals surface area contributed by atoms with Crippen LogP contribution in [-0.2, 0) is 0 Å². The van der Waals surface area contributed by atoms with Gasteiger partial charge in [-0.05, 0) is 19.0 Å². The Kier molecular flexibility index (Phi) is 5.07. The Bertz CT molecular complexity index is 551. The maximum Gasteiger partial charge on any atom is 0.168 e. The minimum absolute atomic E-state index is 0.165. The molecule has 22 heavy (non-hydrogen) atoms. The Labute approximate surface area is 136 Å². The molecule has 0 atom stereocenters. The Morgan fingerprint density at radius 3 is 2.18 bits per heavy atom. The summed E-state index contributed by atoms with van der Waals surface area (Å²) < 4.78 is 2.50. The molecule has 0 spiro atoms. The van der Waals surface area contributed by atoms with E-state index in [1.807, 2.05) is 37.3 Å². The molecule has 2 rings (SSSR count). The Morgan fingerprint density at radius 2 is 1.64 bits per heavy atom. The largest absolute Gasteiger partial charge is 0.349 e. The van der Waals surface area contributed by atoms with Crippen molar-refractivity contribution in [1.29, 1.82) is 0 Å². The smallest absolute Gasteiger partial charge is 0.168 e. The molecule has 1 aromatic rings. The van der Waals surface area contributed by atoms with E-state index >= 15 is 0 Å². The van der Waals surface area contributed by atoms with Gasteiger partial charge in [0.15, 0.2) is 22.3 Å². The van der Waals surface area contributed by atoms with Crippen molar-refractivity contribution in [1.82, 2.24) is 4.34 Å². The zero-order chi connectivity index (χ0) is 16.4. The Morgan fingerprint density at radius 1 is 1.09 bits per heavy atom. The molecule has 1 aromatic carbocycles. The predicted octanol–water partition coefficient (Wildman–Crippen LogP) is 4.75. The van der Waals surface area contributed by atoms with Gasteiger partial charge >= 0.3 is 0 Å². The average Bonchev–Trinajstić information content (AvgIpc) is 2.43. The standard InChI is InChI=1S/C17H28N2OSi2/c1-15(14-17(20)16-10-7-6-8-11-16)18-19-21(2,3)12-9-13-22(19,4)5/h6-8,10-11H,9,12-14H2,1-5H3. The third-order valence-corrected chi connectivity index (χ3v) is 13.8. The van der Waals surface area contributed by atoms with Gasteiger partial charge in [-0.15, -0.1) is 0 Å². The van der Waals surface area contributed by atoms with Crippen LogP contribution >= 0.6 is 0 Å². The van der Waals surface area contributed by atoms with Crippen LogP contribution < -0.4 is 0 Å². The van der Waals surface area contributed by atoms with Crippen LogP contribution in [0.1, 0.15) is 30.1 Å². The molecular formula is C17H28N2OSi2. The van der Waals surface area contributed by atoms with E-state index in [-0.39, 0.29) is 5.78 Å². The molecule has 0 unspecified atom stereocenters. The molecule has 120 valence electrons. The van der Waals surface area contributed by atoms with Crippen LogP contribution in [0.4, 0.5) is 0 Å². The quantitative estimate of drug-likeness (QED) is 0.453. The lowest BCUT2D eigenvalue weighted by Gasteiger charge is -2.49. The van der Waals surface area contributed by atoms with Gasteiger partial charge in [-0.3, -0.25) is 4.79 Å². The minimum Gasteiger partial charge on any atom is -0.349 e. The van der Waals surface area contributed by atoms with E-state index in [1.54, 1.807) is 0 Å². The lowest BCUT2D eigenvalue weighted by molar-refractivity contribution is 0.1000. The summed E-state index contributed by atoms with van der Waals surface area (Å²) in [7, 11) is -2.90. The summed E-state index contributed by atoms with van der Waals surface area (Å²) in [5.41, 5.74) is 1.74. The first-order valence-electron chi connectivity index (χ1n) is 8.15. The van der Waals surface area contributed by atoms with E-state index in [0.29, 0.717) is 6.42 Å². The van der Waals surface area contributed by atoms with Crippen molar-refractivity contribution in [3.05, 3.63) is 35.9 Å². The highest BCUT2D eigenvalue weighted by molar-refractivity contribution is 6.91. The van der Waals surface area contributed by atoms with Gasteiger partial charge in [-0.25, -0.2) is 5.10 Å². The van der Waals surface area contributed by atoms with E-state index in [1.165, 1.54) is 18.5 Å². The number of Topliss-reactive ketones (excluding diaryl/α,β-unsaturated/α-hetero) is 1. The molecule has 0 bridgehead atoms. The van der Waals surface area contributed by atoms with Crippen LogP contribution in [0.5, 0.6) is 0 Å². The molecular weight excluding hydrogens is 304 g/mol. The van der Waals surface area contributed by atoms with E-state index < -0.39 is 16.5 Å². The minimum atomic E-state index is -1.45. The van der Waals surface area contributed by atoms with Crippen molar-refractivity contribution < 1.29 is 4.79 Å². The number of carbonyl (C=O) groups is 1. The number of hydrazone groups is 1. The maximum absolute atomic E-state index is 12.3. The molecule has 0 saturated carbocycles. The summed E-state index contributed by atoms with van der Waals surface area (Å²) in [5, 5.41) is 4.96. The molecule has 1 aliphatic rings. The summed E-state index contributed by atoms with van der Waals surface area (Å²) in [6.07, 6.45) is 1.78. The normalized spacial score (nSPS) is 20.8. The van der Waals surface area contributed by atoms with Crippen LogP contribution in [0.15, 0.2) is 35.4 Å². The van der Waals surface area contributed by atoms with Crippen molar-refractivity contribution in [2.45, 2.75) is 58.0 Å². The topological polar surface area (TPSA) is 32.7 Å². The second kappa shape index (κ2) is 6.50. The van der Waals surface area contributed by atoms with Crippen molar-refractivity contribution in [2.75, 3.05) is 0 Å². The van der Waals surface area contributed by atoms with Gasteiger partial charge in [-0.2, -0.15) is 0 Å². The first kappa shape index (κ1) is 17.2. The van der Waals surface area contributed by atoms with E-state index in [2.05, 4.69) is 30.5 Å². The van der Waals surface area contributed by atoms with Crippen LogP contribution in [0.25, 0.3) is 0 Å². The van der Waals surface area contributed by atoms with Crippen molar-refractivity contribution in [3.63, 3.8) is 0 Å². The fourth-order valence-electron chi connectivity index (χ4n) is 3.42. The van der Waals surface area contributed by atoms with Crippen molar-refractivity contribution in [3.8, 4) is 0 Å².